The number of thioether (sulfide) groups is 1. The zero-order chi connectivity index (χ0) is 15.2. The molecule has 2 rings (SSSR count). The van der Waals surface area contributed by atoms with Crippen LogP contribution in [0.25, 0.3) is 0 Å². The first-order valence-electron chi connectivity index (χ1n) is 6.48. The number of benzene rings is 1. The lowest BCUT2D eigenvalue weighted by atomic mass is 10.1. The van der Waals surface area contributed by atoms with E-state index in [1.165, 1.54) is 0 Å². The van der Waals surface area contributed by atoms with Gasteiger partial charge in [0.1, 0.15) is 0 Å². The molecule has 1 aromatic heterocycles. The van der Waals surface area contributed by atoms with Crippen molar-refractivity contribution in [1.29, 1.82) is 0 Å². The molecule has 0 unspecified atom stereocenters. The van der Waals surface area contributed by atoms with Gasteiger partial charge in [0.25, 0.3) is 0 Å². The molecule has 112 valence electrons. The maximum absolute atomic E-state index is 11.0. The SMILES string of the molecule is CN(C)CCn1nnnc1SCc1ccc(C(N)=O)cc1. The highest BCUT2D eigenvalue weighted by molar-refractivity contribution is 7.98. The van der Waals surface area contributed by atoms with Gasteiger partial charge in [-0.25, -0.2) is 4.68 Å². The Labute approximate surface area is 127 Å². The molecule has 21 heavy (non-hydrogen) atoms. The maximum Gasteiger partial charge on any atom is 0.248 e. The van der Waals surface area contributed by atoms with E-state index in [9.17, 15) is 4.79 Å². The van der Waals surface area contributed by atoms with Crippen molar-refractivity contribution in [1.82, 2.24) is 25.1 Å². The van der Waals surface area contributed by atoms with Crippen molar-refractivity contribution >= 4 is 17.7 Å². The molecule has 7 nitrogen and oxygen atoms in total. The molecule has 0 saturated carbocycles. The topological polar surface area (TPSA) is 89.9 Å². The summed E-state index contributed by atoms with van der Waals surface area (Å²) in [6.45, 7) is 1.63. The second kappa shape index (κ2) is 7.19. The Morgan fingerprint density at radius 3 is 2.67 bits per heavy atom. The van der Waals surface area contributed by atoms with Crippen molar-refractivity contribution in [3.8, 4) is 0 Å². The molecule has 0 saturated heterocycles. The highest BCUT2D eigenvalue weighted by Crippen LogP contribution is 2.20. The van der Waals surface area contributed by atoms with Gasteiger partial charge in [0, 0.05) is 17.9 Å². The van der Waals surface area contributed by atoms with Gasteiger partial charge in [-0.2, -0.15) is 0 Å². The summed E-state index contributed by atoms with van der Waals surface area (Å²) in [6.07, 6.45) is 0. The van der Waals surface area contributed by atoms with Gasteiger partial charge in [-0.3, -0.25) is 4.79 Å². The third kappa shape index (κ3) is 4.54. The molecule has 0 radical (unpaired) electrons. The van der Waals surface area contributed by atoms with E-state index < -0.39 is 5.91 Å². The Hall–Kier alpha value is -1.93. The second-order valence-corrected chi connectivity index (χ2v) is 5.78. The van der Waals surface area contributed by atoms with E-state index in [2.05, 4.69) is 20.4 Å². The van der Waals surface area contributed by atoms with E-state index in [4.69, 9.17) is 5.73 Å². The van der Waals surface area contributed by atoms with E-state index in [0.29, 0.717) is 5.56 Å². The molecule has 1 heterocycles. The minimum absolute atomic E-state index is 0.415. The van der Waals surface area contributed by atoms with E-state index in [1.807, 2.05) is 26.2 Å². The summed E-state index contributed by atoms with van der Waals surface area (Å²) < 4.78 is 1.79. The fourth-order valence-corrected chi connectivity index (χ4v) is 2.51. The lowest BCUT2D eigenvalue weighted by Crippen LogP contribution is -2.19. The average molecular weight is 306 g/mol. The number of carbonyl (C=O) groups excluding carboxylic acids is 1. The fraction of sp³-hybridized carbons (Fsp3) is 0.385. The molecule has 0 fully saturated rings. The van der Waals surface area contributed by atoms with Gasteiger partial charge in [-0.05, 0) is 42.2 Å². The van der Waals surface area contributed by atoms with Crippen LogP contribution in [0.3, 0.4) is 0 Å². The van der Waals surface area contributed by atoms with Gasteiger partial charge in [-0.15, -0.1) is 5.10 Å². The normalized spacial score (nSPS) is 11.0. The van der Waals surface area contributed by atoms with E-state index in [1.54, 1.807) is 28.6 Å². The Kier molecular flexibility index (Phi) is 5.29. The largest absolute Gasteiger partial charge is 0.366 e. The van der Waals surface area contributed by atoms with Gasteiger partial charge in [0.05, 0.1) is 6.54 Å². The lowest BCUT2D eigenvalue weighted by molar-refractivity contribution is 0.100. The van der Waals surface area contributed by atoms with Gasteiger partial charge >= 0.3 is 0 Å². The van der Waals surface area contributed by atoms with Gasteiger partial charge in [-0.1, -0.05) is 23.9 Å². The number of tetrazole rings is 1. The minimum atomic E-state index is -0.415. The van der Waals surface area contributed by atoms with Crippen molar-refractivity contribution in [3.63, 3.8) is 0 Å². The van der Waals surface area contributed by atoms with E-state index >= 15 is 0 Å². The van der Waals surface area contributed by atoms with Crippen LogP contribution < -0.4 is 5.73 Å². The lowest BCUT2D eigenvalue weighted by Gasteiger charge is -2.09. The summed E-state index contributed by atoms with van der Waals surface area (Å²) in [6, 6.07) is 7.24. The number of nitrogens with two attached hydrogens (primary N) is 1. The number of amides is 1. The molecule has 0 aliphatic rings. The summed E-state index contributed by atoms with van der Waals surface area (Å²) in [5, 5.41) is 12.5. The van der Waals surface area contributed by atoms with Crippen LogP contribution in [0.5, 0.6) is 0 Å². The number of hydrogen-bond acceptors (Lipinski definition) is 6. The third-order valence-corrected chi connectivity index (χ3v) is 3.89. The number of carbonyl (C=O) groups is 1. The first-order chi connectivity index (χ1) is 10.1. The Morgan fingerprint density at radius 1 is 1.33 bits per heavy atom. The predicted octanol–water partition coefficient (Wildman–Crippen LogP) is 0.626. The van der Waals surface area contributed by atoms with Crippen LogP contribution in [0.15, 0.2) is 29.4 Å². The van der Waals surface area contributed by atoms with Crippen molar-refractivity contribution in [2.75, 3.05) is 20.6 Å². The molecule has 0 aliphatic heterocycles. The van der Waals surface area contributed by atoms with Gasteiger partial charge in [0.15, 0.2) is 0 Å². The van der Waals surface area contributed by atoms with Crippen LogP contribution in [0, 0.1) is 0 Å². The molecular formula is C13H18N6OS. The molecule has 1 amide bonds. The highest BCUT2D eigenvalue weighted by Gasteiger charge is 2.08. The molecule has 0 aliphatic carbocycles. The maximum atomic E-state index is 11.0. The number of rotatable bonds is 7. The summed E-state index contributed by atoms with van der Waals surface area (Å²) in [5.41, 5.74) is 6.82. The number of likely N-dealkylation sites (N-methyl/N-ethyl adjacent to an activating group) is 1. The Bertz CT molecular complexity index is 595. The quantitative estimate of drug-likeness (QED) is 0.754. The van der Waals surface area contributed by atoms with Crippen LogP contribution in [0.4, 0.5) is 0 Å². The predicted molar refractivity (Wildman–Crippen MR) is 80.9 cm³/mol. The van der Waals surface area contributed by atoms with Crippen molar-refractivity contribution in [2.24, 2.45) is 5.73 Å². The fourth-order valence-electron chi connectivity index (χ4n) is 1.65. The standard InChI is InChI=1S/C13H18N6OS/c1-18(2)7-8-19-13(15-16-17-19)21-9-10-3-5-11(6-4-10)12(14)20/h3-6H,7-9H2,1-2H3,(H2,14,20). The molecule has 2 N–H and O–H groups in total. The van der Waals surface area contributed by atoms with Crippen LogP contribution in [0.2, 0.25) is 0 Å². The van der Waals surface area contributed by atoms with Crippen molar-refractivity contribution in [2.45, 2.75) is 17.5 Å². The van der Waals surface area contributed by atoms with E-state index in [0.717, 1.165) is 29.6 Å². The molecule has 2 aromatic rings. The number of aromatic nitrogens is 4. The summed E-state index contributed by atoms with van der Waals surface area (Å²) in [4.78, 5) is 13.1. The number of hydrogen-bond donors (Lipinski definition) is 1. The monoisotopic (exact) mass is 306 g/mol. The smallest absolute Gasteiger partial charge is 0.248 e. The second-order valence-electron chi connectivity index (χ2n) is 4.84. The molecule has 0 bridgehead atoms. The van der Waals surface area contributed by atoms with Crippen molar-refractivity contribution < 1.29 is 4.79 Å². The summed E-state index contributed by atoms with van der Waals surface area (Å²) in [7, 11) is 4.02. The number of nitrogens with zero attached hydrogens (tertiary/aromatic N) is 5. The highest BCUT2D eigenvalue weighted by atomic mass is 32.2. The molecular weight excluding hydrogens is 288 g/mol. The van der Waals surface area contributed by atoms with Crippen molar-refractivity contribution in [3.05, 3.63) is 35.4 Å². The Balaban J connectivity index is 1.93. The first kappa shape index (κ1) is 15.5. The van der Waals surface area contributed by atoms with Gasteiger partial charge in [0.2, 0.25) is 11.1 Å². The molecule has 8 heteroatoms. The molecule has 1 aromatic carbocycles. The number of primary amides is 1. The summed E-state index contributed by atoms with van der Waals surface area (Å²) in [5.74, 6) is 0.323. The van der Waals surface area contributed by atoms with Gasteiger partial charge < -0.3 is 10.6 Å². The average Bonchev–Trinajstić information content (AvgIpc) is 2.90. The van der Waals surface area contributed by atoms with Crippen LogP contribution in [-0.4, -0.2) is 51.7 Å². The molecule has 0 atom stereocenters. The zero-order valence-corrected chi connectivity index (χ0v) is 12.9. The van der Waals surface area contributed by atoms with E-state index in [-0.39, 0.29) is 0 Å². The minimum Gasteiger partial charge on any atom is -0.366 e. The van der Waals surface area contributed by atoms with Crippen LogP contribution in [0.1, 0.15) is 15.9 Å². The third-order valence-electron chi connectivity index (χ3n) is 2.86. The first-order valence-corrected chi connectivity index (χ1v) is 7.47. The van der Waals surface area contributed by atoms with Crippen LogP contribution in [-0.2, 0) is 12.3 Å². The Morgan fingerprint density at radius 2 is 2.05 bits per heavy atom. The summed E-state index contributed by atoms with van der Waals surface area (Å²) >= 11 is 1.56. The van der Waals surface area contributed by atoms with Crippen LogP contribution >= 0.6 is 11.8 Å². The zero-order valence-electron chi connectivity index (χ0n) is 12.1. The molecule has 0 spiro atoms.